The maximum atomic E-state index is 5.73. The van der Waals surface area contributed by atoms with E-state index in [0.29, 0.717) is 6.04 Å². The van der Waals surface area contributed by atoms with E-state index < -0.39 is 0 Å². The molecule has 1 heterocycles. The van der Waals surface area contributed by atoms with Crippen molar-refractivity contribution in [3.05, 3.63) is 30.3 Å². The minimum Gasteiger partial charge on any atom is -0.492 e. The highest BCUT2D eigenvalue weighted by atomic mass is 16.5. The van der Waals surface area contributed by atoms with Crippen LogP contribution in [0.5, 0.6) is 5.75 Å². The molecule has 3 heteroatoms. The largest absolute Gasteiger partial charge is 0.492 e. The molecule has 0 bridgehead atoms. The fourth-order valence-corrected chi connectivity index (χ4v) is 3.16. The molecule has 0 aliphatic carbocycles. The van der Waals surface area contributed by atoms with Crippen LogP contribution in [0, 0.1) is 5.92 Å². The molecule has 118 valence electrons. The SMILES string of the molecule is CCCN1CCCC(C(C)NCCOc2ccccc2)C1. The van der Waals surface area contributed by atoms with Crippen LogP contribution in [0.1, 0.15) is 33.1 Å². The number of rotatable bonds is 8. The van der Waals surface area contributed by atoms with Gasteiger partial charge >= 0.3 is 0 Å². The summed E-state index contributed by atoms with van der Waals surface area (Å²) in [7, 11) is 0. The quantitative estimate of drug-likeness (QED) is 0.744. The predicted octanol–water partition coefficient (Wildman–Crippen LogP) is 3.17. The number of nitrogens with zero attached hydrogens (tertiary/aromatic N) is 1. The van der Waals surface area contributed by atoms with Gasteiger partial charge in [-0.2, -0.15) is 0 Å². The lowest BCUT2D eigenvalue weighted by Gasteiger charge is -2.36. The lowest BCUT2D eigenvalue weighted by atomic mass is 9.91. The molecule has 1 saturated heterocycles. The van der Waals surface area contributed by atoms with Crippen molar-refractivity contribution < 1.29 is 4.74 Å². The molecule has 21 heavy (non-hydrogen) atoms. The Labute approximate surface area is 129 Å². The van der Waals surface area contributed by atoms with Crippen LogP contribution in [0.25, 0.3) is 0 Å². The van der Waals surface area contributed by atoms with E-state index in [2.05, 4.69) is 24.1 Å². The topological polar surface area (TPSA) is 24.5 Å². The molecule has 2 atom stereocenters. The monoisotopic (exact) mass is 290 g/mol. The van der Waals surface area contributed by atoms with Gasteiger partial charge in [-0.15, -0.1) is 0 Å². The lowest BCUT2D eigenvalue weighted by Crippen LogP contribution is -2.45. The third kappa shape index (κ3) is 5.68. The second kappa shape index (κ2) is 9.06. The molecule has 0 radical (unpaired) electrons. The van der Waals surface area contributed by atoms with Gasteiger partial charge in [0.15, 0.2) is 0 Å². The molecule has 1 aliphatic heterocycles. The summed E-state index contributed by atoms with van der Waals surface area (Å²) in [5, 5.41) is 3.63. The molecule has 1 fully saturated rings. The molecular weight excluding hydrogens is 260 g/mol. The number of piperidine rings is 1. The Kier molecular flexibility index (Phi) is 7.04. The third-order valence-corrected chi connectivity index (χ3v) is 4.37. The van der Waals surface area contributed by atoms with E-state index in [1.165, 1.54) is 38.9 Å². The molecule has 3 nitrogen and oxygen atoms in total. The van der Waals surface area contributed by atoms with Gasteiger partial charge in [0, 0.05) is 19.1 Å². The van der Waals surface area contributed by atoms with Gasteiger partial charge in [0.1, 0.15) is 12.4 Å². The van der Waals surface area contributed by atoms with Crippen LogP contribution in [0.4, 0.5) is 0 Å². The van der Waals surface area contributed by atoms with Crippen LogP contribution >= 0.6 is 0 Å². The number of benzene rings is 1. The molecule has 0 spiro atoms. The summed E-state index contributed by atoms with van der Waals surface area (Å²) in [6.45, 7) is 10.0. The highest BCUT2D eigenvalue weighted by molar-refractivity contribution is 5.20. The number of para-hydroxylation sites is 1. The van der Waals surface area contributed by atoms with Crippen molar-refractivity contribution in [2.24, 2.45) is 5.92 Å². The van der Waals surface area contributed by atoms with Gasteiger partial charge in [-0.1, -0.05) is 25.1 Å². The van der Waals surface area contributed by atoms with E-state index in [9.17, 15) is 0 Å². The minimum absolute atomic E-state index is 0.573. The first-order valence-corrected chi connectivity index (χ1v) is 8.43. The highest BCUT2D eigenvalue weighted by Crippen LogP contribution is 2.19. The van der Waals surface area contributed by atoms with Crippen molar-refractivity contribution in [1.29, 1.82) is 0 Å². The Bertz CT molecular complexity index is 380. The van der Waals surface area contributed by atoms with Crippen molar-refractivity contribution in [3.63, 3.8) is 0 Å². The van der Waals surface area contributed by atoms with Crippen molar-refractivity contribution in [2.45, 2.75) is 39.2 Å². The van der Waals surface area contributed by atoms with Crippen LogP contribution in [0.2, 0.25) is 0 Å². The minimum atomic E-state index is 0.573. The molecular formula is C18H30N2O. The van der Waals surface area contributed by atoms with Gasteiger partial charge in [-0.3, -0.25) is 0 Å². The van der Waals surface area contributed by atoms with Crippen LogP contribution < -0.4 is 10.1 Å². The molecule has 1 N–H and O–H groups in total. The summed E-state index contributed by atoms with van der Waals surface area (Å²) >= 11 is 0. The van der Waals surface area contributed by atoms with Gasteiger partial charge in [-0.05, 0) is 57.3 Å². The van der Waals surface area contributed by atoms with Crippen LogP contribution in [0.3, 0.4) is 0 Å². The molecule has 0 aromatic heterocycles. The van der Waals surface area contributed by atoms with Crippen molar-refractivity contribution in [3.8, 4) is 5.75 Å². The van der Waals surface area contributed by atoms with E-state index in [1.807, 2.05) is 30.3 Å². The summed E-state index contributed by atoms with van der Waals surface area (Å²) in [6, 6.07) is 10.6. The molecule has 2 rings (SSSR count). The van der Waals surface area contributed by atoms with E-state index in [4.69, 9.17) is 4.74 Å². The second-order valence-corrected chi connectivity index (χ2v) is 6.11. The fraction of sp³-hybridized carbons (Fsp3) is 0.667. The van der Waals surface area contributed by atoms with E-state index >= 15 is 0 Å². The first-order chi connectivity index (χ1) is 10.3. The first-order valence-electron chi connectivity index (χ1n) is 8.43. The Morgan fingerprint density at radius 3 is 2.90 bits per heavy atom. The number of nitrogens with one attached hydrogen (secondary N) is 1. The van der Waals surface area contributed by atoms with Gasteiger partial charge in [-0.25, -0.2) is 0 Å². The number of hydrogen-bond acceptors (Lipinski definition) is 3. The zero-order valence-corrected chi connectivity index (χ0v) is 13.6. The highest BCUT2D eigenvalue weighted by Gasteiger charge is 2.23. The van der Waals surface area contributed by atoms with E-state index in [0.717, 1.165) is 24.8 Å². The maximum absolute atomic E-state index is 5.73. The summed E-state index contributed by atoms with van der Waals surface area (Å²) < 4.78 is 5.73. The fourth-order valence-electron chi connectivity index (χ4n) is 3.16. The zero-order valence-electron chi connectivity index (χ0n) is 13.6. The van der Waals surface area contributed by atoms with Crippen molar-refractivity contribution in [1.82, 2.24) is 10.2 Å². The summed E-state index contributed by atoms with van der Waals surface area (Å²) in [5.41, 5.74) is 0. The van der Waals surface area contributed by atoms with Crippen LogP contribution in [-0.4, -0.2) is 43.7 Å². The van der Waals surface area contributed by atoms with Gasteiger partial charge < -0.3 is 15.0 Å². The van der Waals surface area contributed by atoms with Crippen LogP contribution in [0.15, 0.2) is 30.3 Å². The zero-order chi connectivity index (χ0) is 14.9. The second-order valence-electron chi connectivity index (χ2n) is 6.11. The van der Waals surface area contributed by atoms with Gasteiger partial charge in [0.2, 0.25) is 0 Å². The maximum Gasteiger partial charge on any atom is 0.119 e. The van der Waals surface area contributed by atoms with Crippen molar-refractivity contribution >= 4 is 0 Å². The molecule has 0 amide bonds. The number of ether oxygens (including phenoxy) is 1. The summed E-state index contributed by atoms with van der Waals surface area (Å²) in [4.78, 5) is 2.62. The van der Waals surface area contributed by atoms with Crippen molar-refractivity contribution in [2.75, 3.05) is 32.8 Å². The smallest absolute Gasteiger partial charge is 0.119 e. The first kappa shape index (κ1) is 16.3. The Morgan fingerprint density at radius 1 is 1.33 bits per heavy atom. The standard InChI is InChI=1S/C18H30N2O/c1-3-12-20-13-7-8-17(15-20)16(2)19-11-14-21-18-9-5-4-6-10-18/h4-6,9-10,16-17,19H,3,7-8,11-15H2,1-2H3. The number of hydrogen-bond donors (Lipinski definition) is 1. The van der Waals surface area contributed by atoms with Gasteiger partial charge in [0.05, 0.1) is 0 Å². The average Bonchev–Trinajstić information content (AvgIpc) is 2.53. The molecule has 1 aliphatic rings. The lowest BCUT2D eigenvalue weighted by molar-refractivity contribution is 0.149. The van der Waals surface area contributed by atoms with E-state index in [-0.39, 0.29) is 0 Å². The molecule has 1 aromatic carbocycles. The third-order valence-electron chi connectivity index (χ3n) is 4.37. The Balaban J connectivity index is 1.63. The molecule has 0 saturated carbocycles. The van der Waals surface area contributed by atoms with E-state index in [1.54, 1.807) is 0 Å². The Morgan fingerprint density at radius 2 is 2.14 bits per heavy atom. The molecule has 1 aromatic rings. The average molecular weight is 290 g/mol. The summed E-state index contributed by atoms with van der Waals surface area (Å²) in [5.74, 6) is 1.74. The molecule has 2 unspecified atom stereocenters. The predicted molar refractivity (Wildman–Crippen MR) is 88.9 cm³/mol. The van der Waals surface area contributed by atoms with Crippen LogP contribution in [-0.2, 0) is 0 Å². The Hall–Kier alpha value is -1.06. The normalized spacial score (nSPS) is 21.1. The number of likely N-dealkylation sites (tertiary alicyclic amines) is 1. The summed E-state index contributed by atoms with van der Waals surface area (Å²) in [6.07, 6.45) is 3.96. The van der Waals surface area contributed by atoms with Gasteiger partial charge in [0.25, 0.3) is 0 Å².